The Kier molecular flexibility index (Phi) is 6.47. The Morgan fingerprint density at radius 3 is 2.52 bits per heavy atom. The van der Waals surface area contributed by atoms with Crippen molar-refractivity contribution in [2.45, 2.75) is 53.6 Å². The lowest BCUT2D eigenvalue weighted by atomic mass is 9.56. The summed E-state index contributed by atoms with van der Waals surface area (Å²) in [4.78, 5) is 23.7. The van der Waals surface area contributed by atoms with Crippen molar-refractivity contribution in [3.05, 3.63) is 41.5 Å². The van der Waals surface area contributed by atoms with Crippen molar-refractivity contribution >= 4 is 11.9 Å². The summed E-state index contributed by atoms with van der Waals surface area (Å²) in [5.41, 5.74) is 1.91. The fourth-order valence-corrected chi connectivity index (χ4v) is 4.86. The molecular weight excluding hydrogens is 368 g/mol. The predicted molar refractivity (Wildman–Crippen MR) is 110 cm³/mol. The van der Waals surface area contributed by atoms with E-state index in [9.17, 15) is 9.59 Å². The van der Waals surface area contributed by atoms with E-state index in [1.54, 1.807) is 6.92 Å². The molecule has 5 nitrogen and oxygen atoms in total. The number of hydrogen-bond acceptors (Lipinski definition) is 5. The molecule has 0 amide bonds. The molecule has 29 heavy (non-hydrogen) atoms. The first-order valence-electron chi connectivity index (χ1n) is 10.6. The highest BCUT2D eigenvalue weighted by Crippen LogP contribution is 2.57. The molecule has 2 bridgehead atoms. The molecule has 0 N–H and O–H groups in total. The fraction of sp³-hybridized carbons (Fsp3) is 0.583. The lowest BCUT2D eigenvalue weighted by molar-refractivity contribution is -0.182. The largest absolute Gasteiger partial charge is 0.465 e. The summed E-state index contributed by atoms with van der Waals surface area (Å²) < 4.78 is 17.6. The molecule has 0 radical (unpaired) electrons. The molecule has 0 aromatic heterocycles. The Hall–Kier alpha value is -2.14. The molecule has 0 saturated carbocycles. The van der Waals surface area contributed by atoms with Crippen molar-refractivity contribution in [3.63, 3.8) is 0 Å². The van der Waals surface area contributed by atoms with Gasteiger partial charge in [0.2, 0.25) is 0 Å². The van der Waals surface area contributed by atoms with Gasteiger partial charge in [-0.25, -0.2) is 0 Å². The lowest BCUT2D eigenvalue weighted by Gasteiger charge is -2.55. The van der Waals surface area contributed by atoms with Crippen LogP contribution in [0.1, 0.15) is 59.1 Å². The average Bonchev–Trinajstić information content (AvgIpc) is 2.71. The van der Waals surface area contributed by atoms with Crippen LogP contribution in [0.25, 0.3) is 0 Å². The van der Waals surface area contributed by atoms with Crippen LogP contribution in [0.3, 0.4) is 0 Å². The topological polar surface area (TPSA) is 61.8 Å². The van der Waals surface area contributed by atoms with Crippen molar-refractivity contribution in [2.24, 2.45) is 23.2 Å². The molecule has 1 aliphatic heterocycles. The maximum atomic E-state index is 11.9. The zero-order valence-corrected chi connectivity index (χ0v) is 18.1. The van der Waals surface area contributed by atoms with Gasteiger partial charge in [0.15, 0.2) is 0 Å². The molecule has 1 saturated heterocycles. The smallest absolute Gasteiger partial charge is 0.310 e. The average molecular weight is 401 g/mol. The molecule has 158 valence electrons. The summed E-state index contributed by atoms with van der Waals surface area (Å²) >= 11 is 0. The monoisotopic (exact) mass is 400 g/mol. The van der Waals surface area contributed by atoms with E-state index in [2.05, 4.69) is 26.8 Å². The zero-order valence-electron chi connectivity index (χ0n) is 18.1. The quantitative estimate of drug-likeness (QED) is 0.388. The van der Waals surface area contributed by atoms with Crippen molar-refractivity contribution in [1.82, 2.24) is 0 Å². The molecule has 1 aromatic carbocycles. The molecule has 1 fully saturated rings. The van der Waals surface area contributed by atoms with Crippen LogP contribution in [0, 0.1) is 23.2 Å². The first-order chi connectivity index (χ1) is 13.8. The standard InChI is InChI=1S/C24H32O5/c1-6-20(25)27-13-24-14-28-23(22(17(24)5)15(3)12-16(24)4)18-10-8-9-11-19(18)29-21(26)7-2/h8-12,16-17,22-23H,6-7,13-14H2,1-5H3/t16-,17+,22-,23+,24+/m0/s1. The molecule has 3 rings (SSSR count). The highest BCUT2D eigenvalue weighted by molar-refractivity contribution is 5.72. The molecule has 1 aromatic rings. The van der Waals surface area contributed by atoms with Crippen LogP contribution < -0.4 is 4.74 Å². The SMILES string of the molecule is CCC(=O)OC[C@@]12CO[C@H](c3ccccc3OC(=O)CC)[C@@H](C(C)=C[C@@H]1C)[C@H]2C. The van der Waals surface area contributed by atoms with Gasteiger partial charge in [0, 0.05) is 29.7 Å². The predicted octanol–water partition coefficient (Wildman–Crippen LogP) is 4.86. The second-order valence-electron chi connectivity index (χ2n) is 8.36. The van der Waals surface area contributed by atoms with E-state index in [1.807, 2.05) is 31.2 Å². The van der Waals surface area contributed by atoms with Crippen molar-refractivity contribution in [1.29, 1.82) is 0 Å². The molecule has 0 unspecified atom stereocenters. The zero-order chi connectivity index (χ0) is 21.2. The first-order valence-corrected chi connectivity index (χ1v) is 10.6. The van der Waals surface area contributed by atoms with Gasteiger partial charge in [0.25, 0.3) is 0 Å². The van der Waals surface area contributed by atoms with Gasteiger partial charge in [-0.15, -0.1) is 0 Å². The minimum atomic E-state index is -0.258. The number of esters is 2. The normalized spacial score (nSPS) is 31.0. The van der Waals surface area contributed by atoms with E-state index in [0.29, 0.717) is 31.8 Å². The summed E-state index contributed by atoms with van der Waals surface area (Å²) in [5.74, 6) is 0.746. The number of carbonyl (C=O) groups excluding carboxylic acids is 2. The van der Waals surface area contributed by atoms with E-state index in [1.165, 1.54) is 5.57 Å². The molecule has 5 heteroatoms. The second kappa shape index (κ2) is 8.70. The van der Waals surface area contributed by atoms with E-state index < -0.39 is 0 Å². The third-order valence-electron chi connectivity index (χ3n) is 6.78. The Morgan fingerprint density at radius 1 is 1.14 bits per heavy atom. The van der Waals surface area contributed by atoms with Gasteiger partial charge < -0.3 is 14.2 Å². The first kappa shape index (κ1) is 21.6. The van der Waals surface area contributed by atoms with Gasteiger partial charge in [0.1, 0.15) is 5.75 Å². The summed E-state index contributed by atoms with van der Waals surface area (Å²) in [6, 6.07) is 7.62. The third kappa shape index (κ3) is 3.97. The maximum absolute atomic E-state index is 11.9. The van der Waals surface area contributed by atoms with Crippen molar-refractivity contribution < 1.29 is 23.8 Å². The van der Waals surface area contributed by atoms with Gasteiger partial charge in [-0.3, -0.25) is 9.59 Å². The number of allylic oxidation sites excluding steroid dienone is 1. The maximum Gasteiger partial charge on any atom is 0.310 e. The Bertz CT molecular complexity index is 798. The minimum absolute atomic E-state index is 0.127. The van der Waals surface area contributed by atoms with E-state index >= 15 is 0 Å². The van der Waals surface area contributed by atoms with Gasteiger partial charge in [0.05, 0.1) is 19.3 Å². The molecule has 0 spiro atoms. The minimum Gasteiger partial charge on any atom is -0.465 e. The van der Waals surface area contributed by atoms with E-state index in [-0.39, 0.29) is 41.2 Å². The van der Waals surface area contributed by atoms with Crippen LogP contribution >= 0.6 is 0 Å². The van der Waals surface area contributed by atoms with Gasteiger partial charge in [-0.2, -0.15) is 0 Å². The molecule has 1 heterocycles. The summed E-state index contributed by atoms with van der Waals surface area (Å²) in [6.45, 7) is 11.0. The molecule has 1 aliphatic carbocycles. The third-order valence-corrected chi connectivity index (χ3v) is 6.78. The van der Waals surface area contributed by atoms with Gasteiger partial charge in [-0.05, 0) is 24.8 Å². The van der Waals surface area contributed by atoms with Crippen LogP contribution in [0.15, 0.2) is 35.9 Å². The second-order valence-corrected chi connectivity index (χ2v) is 8.36. The van der Waals surface area contributed by atoms with Crippen molar-refractivity contribution in [3.8, 4) is 5.75 Å². The number of ether oxygens (including phenoxy) is 3. The summed E-state index contributed by atoms with van der Waals surface area (Å²) in [7, 11) is 0. The van der Waals surface area contributed by atoms with Gasteiger partial charge in [-0.1, -0.05) is 57.5 Å². The van der Waals surface area contributed by atoms with Crippen LogP contribution in [-0.4, -0.2) is 25.2 Å². The Balaban J connectivity index is 1.94. The number of fused-ring (bicyclic) bond motifs is 2. The van der Waals surface area contributed by atoms with E-state index in [4.69, 9.17) is 14.2 Å². The number of hydrogen-bond donors (Lipinski definition) is 0. The number of rotatable bonds is 6. The molecular formula is C24H32O5. The van der Waals surface area contributed by atoms with Crippen LogP contribution in [-0.2, 0) is 19.1 Å². The Labute approximate surface area is 173 Å². The molecule has 2 aliphatic rings. The molecule has 5 atom stereocenters. The van der Waals surface area contributed by atoms with Gasteiger partial charge >= 0.3 is 11.9 Å². The van der Waals surface area contributed by atoms with Crippen LogP contribution in [0.2, 0.25) is 0 Å². The Morgan fingerprint density at radius 2 is 1.83 bits per heavy atom. The lowest BCUT2D eigenvalue weighted by Crippen LogP contribution is -2.54. The highest BCUT2D eigenvalue weighted by Gasteiger charge is 2.54. The fourth-order valence-electron chi connectivity index (χ4n) is 4.86. The highest BCUT2D eigenvalue weighted by atomic mass is 16.5. The van der Waals surface area contributed by atoms with Crippen LogP contribution in [0.5, 0.6) is 5.75 Å². The van der Waals surface area contributed by atoms with E-state index in [0.717, 1.165) is 5.56 Å². The number of carbonyl (C=O) groups is 2. The number of benzene rings is 1. The van der Waals surface area contributed by atoms with Crippen LogP contribution in [0.4, 0.5) is 0 Å². The summed E-state index contributed by atoms with van der Waals surface area (Å²) in [6.07, 6.45) is 2.78. The number of para-hydroxylation sites is 1. The summed E-state index contributed by atoms with van der Waals surface area (Å²) in [5, 5.41) is 0. The van der Waals surface area contributed by atoms with Crippen molar-refractivity contribution in [2.75, 3.05) is 13.2 Å².